The van der Waals surface area contributed by atoms with Crippen molar-refractivity contribution in [1.29, 1.82) is 0 Å². The van der Waals surface area contributed by atoms with Crippen LogP contribution in [0.4, 0.5) is 5.69 Å². The Morgan fingerprint density at radius 2 is 1.79 bits per heavy atom. The Balaban J connectivity index is 1.60. The molecule has 3 aromatic rings. The first-order valence-corrected chi connectivity index (χ1v) is 11.4. The molecule has 0 saturated carbocycles. The summed E-state index contributed by atoms with van der Waals surface area (Å²) in [7, 11) is 3.13. The Bertz CT molecular complexity index is 1150. The fraction of sp³-hybridized carbons (Fsp3) is 0.240. The molecule has 7 nitrogen and oxygen atoms in total. The van der Waals surface area contributed by atoms with Gasteiger partial charge in [0.15, 0.2) is 11.5 Å². The molecule has 0 aliphatic carbocycles. The van der Waals surface area contributed by atoms with Crippen LogP contribution in [0.3, 0.4) is 0 Å². The van der Waals surface area contributed by atoms with Crippen LogP contribution in [0.2, 0.25) is 0 Å². The van der Waals surface area contributed by atoms with Crippen LogP contribution in [0.5, 0.6) is 11.5 Å². The minimum atomic E-state index is -0.854. The summed E-state index contributed by atoms with van der Waals surface area (Å²) in [6.07, 6.45) is 0.442. The first-order valence-electron chi connectivity index (χ1n) is 10.5. The van der Waals surface area contributed by atoms with Crippen molar-refractivity contribution >= 4 is 34.7 Å². The number of rotatable bonds is 8. The Morgan fingerprint density at radius 1 is 1.03 bits per heavy atom. The number of thiophene rings is 1. The highest BCUT2D eigenvalue weighted by atomic mass is 32.1. The van der Waals surface area contributed by atoms with Gasteiger partial charge in [-0.25, -0.2) is 4.90 Å². The second kappa shape index (κ2) is 9.87. The predicted molar refractivity (Wildman–Crippen MR) is 126 cm³/mol. The van der Waals surface area contributed by atoms with Crippen LogP contribution in [0.1, 0.15) is 21.7 Å². The molecule has 1 fully saturated rings. The molecule has 2 heterocycles. The van der Waals surface area contributed by atoms with Crippen molar-refractivity contribution in [3.05, 3.63) is 76.5 Å². The van der Waals surface area contributed by atoms with E-state index >= 15 is 0 Å². The fourth-order valence-corrected chi connectivity index (χ4v) is 4.61. The summed E-state index contributed by atoms with van der Waals surface area (Å²) in [5.41, 5.74) is 1.44. The van der Waals surface area contributed by atoms with E-state index in [2.05, 4.69) is 0 Å². The molecule has 0 radical (unpaired) electrons. The number of para-hydroxylation sites is 1. The predicted octanol–water partition coefficient (Wildman–Crippen LogP) is 3.78. The number of carbonyl (C=O) groups excluding carboxylic acids is 3. The first kappa shape index (κ1) is 22.5. The third-order valence-corrected chi connectivity index (χ3v) is 6.45. The molecule has 0 spiro atoms. The summed E-state index contributed by atoms with van der Waals surface area (Å²) in [4.78, 5) is 42.6. The van der Waals surface area contributed by atoms with E-state index in [1.165, 1.54) is 21.1 Å². The quantitative estimate of drug-likeness (QED) is 0.474. The summed E-state index contributed by atoms with van der Waals surface area (Å²) < 4.78 is 10.7. The SMILES string of the molecule is COc1ccc(CCN(C(=O)c2cccs2)C2CC(=O)N(c3ccccc3)C2=O)cc1OC. The third kappa shape index (κ3) is 4.61. The lowest BCUT2D eigenvalue weighted by Crippen LogP contribution is -2.46. The van der Waals surface area contributed by atoms with E-state index in [-0.39, 0.29) is 30.7 Å². The van der Waals surface area contributed by atoms with Crippen molar-refractivity contribution in [3.63, 3.8) is 0 Å². The maximum absolute atomic E-state index is 13.3. The van der Waals surface area contributed by atoms with E-state index in [0.717, 1.165) is 5.56 Å². The minimum absolute atomic E-state index is 0.0449. The van der Waals surface area contributed by atoms with Gasteiger partial charge in [0.05, 0.1) is 31.2 Å². The molecule has 1 atom stereocenters. The van der Waals surface area contributed by atoms with Gasteiger partial charge in [-0.3, -0.25) is 14.4 Å². The highest BCUT2D eigenvalue weighted by Crippen LogP contribution is 2.30. The molecular weight excluding hydrogens is 440 g/mol. The summed E-state index contributed by atoms with van der Waals surface area (Å²) in [6, 6.07) is 17.0. The zero-order valence-corrected chi connectivity index (χ0v) is 19.2. The number of amides is 3. The standard InChI is InChI=1S/C25H24N2O5S/c1-31-20-11-10-17(15-21(20)32-2)12-13-26(25(30)22-9-6-14-33-22)19-16-23(28)27(24(19)29)18-7-4-3-5-8-18/h3-11,14-15,19H,12-13,16H2,1-2H3. The molecule has 0 bridgehead atoms. The van der Waals surface area contributed by atoms with E-state index in [0.29, 0.717) is 28.5 Å². The number of carbonyl (C=O) groups is 3. The van der Waals surface area contributed by atoms with Crippen LogP contribution in [0.15, 0.2) is 66.0 Å². The van der Waals surface area contributed by atoms with E-state index in [4.69, 9.17) is 9.47 Å². The largest absolute Gasteiger partial charge is 0.493 e. The Labute approximate surface area is 196 Å². The van der Waals surface area contributed by atoms with Gasteiger partial charge in [-0.1, -0.05) is 30.3 Å². The van der Waals surface area contributed by atoms with E-state index in [1.807, 2.05) is 23.6 Å². The van der Waals surface area contributed by atoms with Crippen LogP contribution in [0, 0.1) is 0 Å². The second-order valence-corrected chi connectivity index (χ2v) is 8.49. The highest BCUT2D eigenvalue weighted by Gasteiger charge is 2.44. The van der Waals surface area contributed by atoms with Gasteiger partial charge in [-0.15, -0.1) is 11.3 Å². The van der Waals surface area contributed by atoms with Crippen molar-refractivity contribution in [2.45, 2.75) is 18.9 Å². The molecular formula is C25H24N2O5S. The third-order valence-electron chi connectivity index (χ3n) is 5.60. The Kier molecular flexibility index (Phi) is 6.74. The number of imide groups is 1. The molecule has 8 heteroatoms. The number of hydrogen-bond donors (Lipinski definition) is 0. The molecule has 1 saturated heterocycles. The van der Waals surface area contributed by atoms with E-state index in [9.17, 15) is 14.4 Å². The van der Waals surface area contributed by atoms with Crippen molar-refractivity contribution in [3.8, 4) is 11.5 Å². The number of hydrogen-bond acceptors (Lipinski definition) is 6. The maximum atomic E-state index is 13.3. The smallest absolute Gasteiger partial charge is 0.264 e. The topological polar surface area (TPSA) is 76.2 Å². The molecule has 3 amide bonds. The van der Waals surface area contributed by atoms with Gasteiger partial charge in [-0.2, -0.15) is 0 Å². The lowest BCUT2D eigenvalue weighted by Gasteiger charge is -2.27. The molecule has 1 aromatic heterocycles. The van der Waals surface area contributed by atoms with E-state index in [1.54, 1.807) is 56.7 Å². The number of methoxy groups -OCH3 is 2. The monoisotopic (exact) mass is 464 g/mol. The van der Waals surface area contributed by atoms with Crippen LogP contribution in [-0.4, -0.2) is 49.4 Å². The van der Waals surface area contributed by atoms with Gasteiger partial charge >= 0.3 is 0 Å². The Morgan fingerprint density at radius 3 is 2.45 bits per heavy atom. The van der Waals surface area contributed by atoms with Gasteiger partial charge in [0.25, 0.3) is 11.8 Å². The Hall–Kier alpha value is -3.65. The molecule has 4 rings (SSSR count). The maximum Gasteiger partial charge on any atom is 0.264 e. The lowest BCUT2D eigenvalue weighted by atomic mass is 10.1. The molecule has 1 aliphatic heterocycles. The first-order chi connectivity index (χ1) is 16.0. The van der Waals surface area contributed by atoms with Crippen LogP contribution >= 0.6 is 11.3 Å². The molecule has 170 valence electrons. The summed E-state index contributed by atoms with van der Waals surface area (Å²) in [5, 5.41) is 1.82. The average molecular weight is 465 g/mol. The number of benzene rings is 2. The fourth-order valence-electron chi connectivity index (χ4n) is 3.93. The summed E-state index contributed by atoms with van der Waals surface area (Å²) in [6.45, 7) is 0.276. The second-order valence-electron chi connectivity index (χ2n) is 7.54. The zero-order valence-electron chi connectivity index (χ0n) is 18.4. The van der Waals surface area contributed by atoms with Crippen molar-refractivity contribution < 1.29 is 23.9 Å². The van der Waals surface area contributed by atoms with Gasteiger partial charge in [0.2, 0.25) is 5.91 Å². The van der Waals surface area contributed by atoms with Gasteiger partial charge in [0, 0.05) is 6.54 Å². The minimum Gasteiger partial charge on any atom is -0.493 e. The zero-order chi connectivity index (χ0) is 23.4. The molecule has 0 N–H and O–H groups in total. The van der Waals surface area contributed by atoms with Crippen LogP contribution < -0.4 is 14.4 Å². The van der Waals surface area contributed by atoms with Crippen molar-refractivity contribution in [1.82, 2.24) is 4.90 Å². The van der Waals surface area contributed by atoms with Crippen molar-refractivity contribution in [2.75, 3.05) is 25.7 Å². The summed E-state index contributed by atoms with van der Waals surface area (Å²) in [5.74, 6) is 0.248. The number of ether oxygens (including phenoxy) is 2. The molecule has 33 heavy (non-hydrogen) atoms. The highest BCUT2D eigenvalue weighted by molar-refractivity contribution is 7.12. The van der Waals surface area contributed by atoms with Gasteiger partial charge in [-0.05, 0) is 47.7 Å². The lowest BCUT2D eigenvalue weighted by molar-refractivity contribution is -0.122. The molecule has 2 aromatic carbocycles. The van der Waals surface area contributed by atoms with Crippen LogP contribution in [0.25, 0.3) is 0 Å². The van der Waals surface area contributed by atoms with Gasteiger partial charge in [0.1, 0.15) is 6.04 Å². The molecule has 1 aliphatic rings. The van der Waals surface area contributed by atoms with Gasteiger partial charge < -0.3 is 14.4 Å². The van der Waals surface area contributed by atoms with E-state index < -0.39 is 6.04 Å². The summed E-state index contributed by atoms with van der Waals surface area (Å²) >= 11 is 1.31. The van der Waals surface area contributed by atoms with Crippen molar-refractivity contribution in [2.24, 2.45) is 0 Å². The average Bonchev–Trinajstić information content (AvgIpc) is 3.48. The number of nitrogens with zero attached hydrogens (tertiary/aromatic N) is 2. The van der Waals surface area contributed by atoms with Crippen LogP contribution in [-0.2, 0) is 16.0 Å². The number of anilines is 1. The normalized spacial score (nSPS) is 15.6. The molecule has 1 unspecified atom stereocenters.